The lowest BCUT2D eigenvalue weighted by Gasteiger charge is -2.10. The molecule has 7 nitrogen and oxygen atoms in total. The molecule has 1 heterocycles. The van der Waals surface area contributed by atoms with Crippen molar-refractivity contribution >= 4 is 21.7 Å². The monoisotopic (exact) mass is 359 g/mol. The highest BCUT2D eigenvalue weighted by molar-refractivity contribution is 7.89. The van der Waals surface area contributed by atoms with E-state index in [9.17, 15) is 8.42 Å². The highest BCUT2D eigenvalue weighted by atomic mass is 32.2. The molecule has 0 saturated carbocycles. The molecule has 25 heavy (non-hydrogen) atoms. The molecular formula is C17H17N3O4S. The lowest BCUT2D eigenvalue weighted by Crippen LogP contribution is -2.12. The Morgan fingerprint density at radius 2 is 2.00 bits per heavy atom. The summed E-state index contributed by atoms with van der Waals surface area (Å²) < 4.78 is 34.0. The van der Waals surface area contributed by atoms with Crippen LogP contribution in [-0.2, 0) is 10.0 Å². The summed E-state index contributed by atoms with van der Waals surface area (Å²) in [6.07, 6.45) is 1.59. The zero-order chi connectivity index (χ0) is 18.0. The smallest absolute Gasteiger partial charge is 0.299 e. The minimum Gasteiger partial charge on any atom is -0.495 e. The second kappa shape index (κ2) is 6.58. The van der Waals surface area contributed by atoms with Gasteiger partial charge in [0.1, 0.15) is 5.75 Å². The minimum absolute atomic E-state index is 0.0405. The number of ether oxygens (including phenoxy) is 1. The van der Waals surface area contributed by atoms with Gasteiger partial charge in [-0.05, 0) is 31.2 Å². The highest BCUT2D eigenvalue weighted by Gasteiger charge is 2.14. The topological polar surface area (TPSA) is 107 Å². The van der Waals surface area contributed by atoms with Gasteiger partial charge in [0.15, 0.2) is 5.76 Å². The van der Waals surface area contributed by atoms with E-state index in [-0.39, 0.29) is 10.9 Å². The third kappa shape index (κ3) is 3.81. The van der Waals surface area contributed by atoms with Gasteiger partial charge in [0.05, 0.1) is 23.9 Å². The number of hydrogen-bond donors (Lipinski definition) is 2. The summed E-state index contributed by atoms with van der Waals surface area (Å²) in [5.41, 5.74) is 2.38. The van der Waals surface area contributed by atoms with Gasteiger partial charge in [0.2, 0.25) is 10.0 Å². The summed E-state index contributed by atoms with van der Waals surface area (Å²) in [5.74, 6) is 1.02. The Hall–Kier alpha value is -2.84. The third-order valence-corrected chi connectivity index (χ3v) is 4.46. The molecule has 0 amide bonds. The number of methoxy groups -OCH3 is 1. The quantitative estimate of drug-likeness (QED) is 0.725. The Balaban J connectivity index is 1.93. The predicted octanol–water partition coefficient (Wildman–Crippen LogP) is 3.05. The largest absolute Gasteiger partial charge is 0.495 e. The van der Waals surface area contributed by atoms with Crippen LogP contribution in [0.3, 0.4) is 0 Å². The SMILES string of the molecule is COc1ccc(S(N)(=O)=O)cc1Nc1ncc(-c2cccc(C)c2)o1. The van der Waals surface area contributed by atoms with Crippen LogP contribution in [0.4, 0.5) is 11.7 Å². The van der Waals surface area contributed by atoms with Gasteiger partial charge in [-0.1, -0.05) is 23.8 Å². The Bertz CT molecular complexity index is 1010. The molecule has 3 N–H and O–H groups in total. The van der Waals surface area contributed by atoms with Crippen molar-refractivity contribution in [2.24, 2.45) is 5.14 Å². The van der Waals surface area contributed by atoms with E-state index in [0.717, 1.165) is 11.1 Å². The van der Waals surface area contributed by atoms with Gasteiger partial charge in [0, 0.05) is 5.56 Å². The first-order valence-corrected chi connectivity index (χ1v) is 8.92. The van der Waals surface area contributed by atoms with E-state index in [1.54, 1.807) is 6.20 Å². The fourth-order valence-corrected chi connectivity index (χ4v) is 2.88. The van der Waals surface area contributed by atoms with Gasteiger partial charge in [-0.2, -0.15) is 0 Å². The van der Waals surface area contributed by atoms with Crippen molar-refractivity contribution < 1.29 is 17.6 Å². The van der Waals surface area contributed by atoms with E-state index in [2.05, 4.69) is 10.3 Å². The van der Waals surface area contributed by atoms with E-state index in [1.807, 2.05) is 31.2 Å². The first-order valence-electron chi connectivity index (χ1n) is 7.37. The van der Waals surface area contributed by atoms with Gasteiger partial charge < -0.3 is 14.5 Å². The molecule has 2 aromatic carbocycles. The molecule has 130 valence electrons. The van der Waals surface area contributed by atoms with Crippen LogP contribution in [0.5, 0.6) is 5.75 Å². The van der Waals surface area contributed by atoms with Crippen LogP contribution in [0, 0.1) is 6.92 Å². The molecular weight excluding hydrogens is 342 g/mol. The zero-order valence-corrected chi connectivity index (χ0v) is 14.5. The maximum atomic E-state index is 11.5. The molecule has 0 bridgehead atoms. The van der Waals surface area contributed by atoms with Gasteiger partial charge in [-0.15, -0.1) is 0 Å². The molecule has 0 fully saturated rings. The number of rotatable bonds is 5. The van der Waals surface area contributed by atoms with Crippen molar-refractivity contribution in [2.45, 2.75) is 11.8 Å². The van der Waals surface area contributed by atoms with Crippen LogP contribution in [0.25, 0.3) is 11.3 Å². The lowest BCUT2D eigenvalue weighted by atomic mass is 10.1. The summed E-state index contributed by atoms with van der Waals surface area (Å²) >= 11 is 0. The number of hydrogen-bond acceptors (Lipinski definition) is 6. The standard InChI is InChI=1S/C17H17N3O4S/c1-11-4-3-5-12(8-11)16-10-19-17(24-16)20-14-9-13(25(18,21)22)6-7-15(14)23-2/h3-10H,1-2H3,(H,19,20)(H2,18,21,22). The van der Waals surface area contributed by atoms with Gasteiger partial charge in [-0.25, -0.2) is 18.5 Å². The van der Waals surface area contributed by atoms with Crippen molar-refractivity contribution in [3.05, 3.63) is 54.2 Å². The molecule has 3 rings (SSSR count). The van der Waals surface area contributed by atoms with Crippen LogP contribution in [0.2, 0.25) is 0 Å². The first-order chi connectivity index (χ1) is 11.9. The zero-order valence-electron chi connectivity index (χ0n) is 13.7. The van der Waals surface area contributed by atoms with E-state index in [1.165, 1.54) is 25.3 Å². The van der Waals surface area contributed by atoms with Crippen molar-refractivity contribution in [1.82, 2.24) is 4.98 Å². The molecule has 0 aliphatic rings. The first kappa shape index (κ1) is 17.0. The Labute approximate surface area is 145 Å². The number of aryl methyl sites for hydroxylation is 1. The van der Waals surface area contributed by atoms with Crippen LogP contribution >= 0.6 is 0 Å². The molecule has 0 unspecified atom stereocenters. The Kier molecular flexibility index (Phi) is 4.47. The number of aromatic nitrogens is 1. The summed E-state index contributed by atoms with van der Waals surface area (Å²) in [7, 11) is -2.35. The Morgan fingerprint density at radius 3 is 2.68 bits per heavy atom. The number of primary sulfonamides is 1. The number of anilines is 2. The summed E-state index contributed by atoms with van der Waals surface area (Å²) in [4.78, 5) is 4.13. The molecule has 3 aromatic rings. The second-order valence-electron chi connectivity index (χ2n) is 5.43. The normalized spacial score (nSPS) is 11.3. The number of sulfonamides is 1. The van der Waals surface area contributed by atoms with Crippen LogP contribution in [0.15, 0.2) is 58.0 Å². The summed E-state index contributed by atoms with van der Waals surface area (Å²) in [6.45, 7) is 1.99. The minimum atomic E-state index is -3.83. The van der Waals surface area contributed by atoms with Crippen LogP contribution in [-0.4, -0.2) is 20.5 Å². The number of nitrogens with zero attached hydrogens (tertiary/aromatic N) is 1. The van der Waals surface area contributed by atoms with E-state index in [4.69, 9.17) is 14.3 Å². The Morgan fingerprint density at radius 1 is 1.20 bits per heavy atom. The molecule has 1 aromatic heterocycles. The molecule has 0 spiro atoms. The fourth-order valence-electron chi connectivity index (χ4n) is 2.34. The lowest BCUT2D eigenvalue weighted by molar-refractivity contribution is 0.416. The molecule has 8 heteroatoms. The maximum Gasteiger partial charge on any atom is 0.299 e. The van der Waals surface area contributed by atoms with Crippen molar-refractivity contribution in [3.63, 3.8) is 0 Å². The van der Waals surface area contributed by atoms with Gasteiger partial charge >= 0.3 is 0 Å². The van der Waals surface area contributed by atoms with Crippen molar-refractivity contribution in [2.75, 3.05) is 12.4 Å². The molecule has 0 radical (unpaired) electrons. The van der Waals surface area contributed by atoms with E-state index >= 15 is 0 Å². The van der Waals surface area contributed by atoms with Gasteiger partial charge in [-0.3, -0.25) is 0 Å². The molecule has 0 aliphatic heterocycles. The molecule has 0 aliphatic carbocycles. The van der Waals surface area contributed by atoms with Crippen molar-refractivity contribution in [1.29, 1.82) is 0 Å². The fraction of sp³-hybridized carbons (Fsp3) is 0.118. The van der Waals surface area contributed by atoms with Crippen molar-refractivity contribution in [3.8, 4) is 17.1 Å². The summed E-state index contributed by atoms with van der Waals surface area (Å²) in [5, 5.41) is 8.09. The molecule has 0 saturated heterocycles. The second-order valence-corrected chi connectivity index (χ2v) is 6.99. The number of benzene rings is 2. The number of nitrogens with one attached hydrogen (secondary N) is 1. The maximum absolute atomic E-state index is 11.5. The molecule has 0 atom stereocenters. The highest BCUT2D eigenvalue weighted by Crippen LogP contribution is 2.31. The van der Waals surface area contributed by atoms with Crippen LogP contribution in [0.1, 0.15) is 5.56 Å². The van der Waals surface area contributed by atoms with E-state index < -0.39 is 10.0 Å². The predicted molar refractivity (Wildman–Crippen MR) is 94.3 cm³/mol. The number of oxazole rings is 1. The number of nitrogens with two attached hydrogens (primary N) is 1. The van der Waals surface area contributed by atoms with E-state index in [0.29, 0.717) is 17.2 Å². The summed E-state index contributed by atoms with van der Waals surface area (Å²) in [6, 6.07) is 12.3. The van der Waals surface area contributed by atoms with Gasteiger partial charge in [0.25, 0.3) is 6.01 Å². The van der Waals surface area contributed by atoms with Crippen LogP contribution < -0.4 is 15.2 Å². The average Bonchev–Trinajstić information content (AvgIpc) is 3.02. The average molecular weight is 359 g/mol. The third-order valence-electron chi connectivity index (χ3n) is 3.55.